The molecular weight excluding hydrogens is 320 g/mol. The lowest BCUT2D eigenvalue weighted by atomic mass is 9.97. The van der Waals surface area contributed by atoms with Crippen LogP contribution in [-0.2, 0) is 9.53 Å². The zero-order chi connectivity index (χ0) is 14.7. The zero-order valence-corrected chi connectivity index (χ0v) is 14.4. The van der Waals surface area contributed by atoms with E-state index in [1.54, 1.807) is 18.9 Å². The maximum atomic E-state index is 12.5. The van der Waals surface area contributed by atoms with Crippen LogP contribution in [0.1, 0.15) is 24.3 Å². The summed E-state index contributed by atoms with van der Waals surface area (Å²) in [7, 11) is 1.72. The van der Waals surface area contributed by atoms with Crippen LogP contribution in [0.3, 0.4) is 0 Å². The topological polar surface area (TPSA) is 50.4 Å². The van der Waals surface area contributed by atoms with Crippen LogP contribution in [0.15, 0.2) is 29.2 Å². The minimum absolute atomic E-state index is 0. The molecule has 2 N–H and O–H groups in total. The zero-order valence-electron chi connectivity index (χ0n) is 12.8. The molecule has 1 saturated heterocycles. The molecule has 1 amide bonds. The number of carbonyl (C=O) groups excluding carboxylic acids is 1. The number of thioether (sulfide) groups is 1. The molecule has 0 saturated carbocycles. The smallest absolute Gasteiger partial charge is 0.228 e. The lowest BCUT2D eigenvalue weighted by Gasteiger charge is -2.29. The van der Waals surface area contributed by atoms with E-state index in [-0.39, 0.29) is 29.8 Å². The SMILES string of the molecule is COCC1(CNC(=O)C2CSc3ccccc32)CCCN1.Cl. The van der Waals surface area contributed by atoms with Gasteiger partial charge in [-0.15, -0.1) is 24.2 Å². The van der Waals surface area contributed by atoms with Gasteiger partial charge in [-0.05, 0) is 31.0 Å². The number of halogens is 1. The van der Waals surface area contributed by atoms with Gasteiger partial charge >= 0.3 is 0 Å². The van der Waals surface area contributed by atoms with Gasteiger partial charge in [0.15, 0.2) is 0 Å². The Morgan fingerprint density at radius 1 is 1.50 bits per heavy atom. The van der Waals surface area contributed by atoms with Crippen molar-refractivity contribution in [3.8, 4) is 0 Å². The van der Waals surface area contributed by atoms with Crippen molar-refractivity contribution in [3.05, 3.63) is 29.8 Å². The van der Waals surface area contributed by atoms with Gasteiger partial charge in [0.05, 0.1) is 18.1 Å². The van der Waals surface area contributed by atoms with Crippen LogP contribution in [0.4, 0.5) is 0 Å². The van der Waals surface area contributed by atoms with Gasteiger partial charge in [-0.25, -0.2) is 0 Å². The molecule has 0 aliphatic carbocycles. The molecule has 0 bridgehead atoms. The first kappa shape index (κ1) is 17.6. The minimum Gasteiger partial charge on any atom is -0.383 e. The molecule has 2 aliphatic heterocycles. The summed E-state index contributed by atoms with van der Waals surface area (Å²) in [5.74, 6) is 0.958. The van der Waals surface area contributed by atoms with Crippen molar-refractivity contribution >= 4 is 30.1 Å². The Kier molecular flexibility index (Phi) is 6.15. The Balaban J connectivity index is 0.00000176. The molecule has 6 heteroatoms. The lowest BCUT2D eigenvalue weighted by molar-refractivity contribution is -0.122. The summed E-state index contributed by atoms with van der Waals surface area (Å²) in [5, 5.41) is 6.63. The molecule has 3 rings (SSSR count). The molecule has 1 fully saturated rings. The van der Waals surface area contributed by atoms with Crippen molar-refractivity contribution in [1.82, 2.24) is 10.6 Å². The van der Waals surface area contributed by atoms with Crippen LogP contribution < -0.4 is 10.6 Å². The maximum absolute atomic E-state index is 12.5. The molecule has 0 spiro atoms. The minimum atomic E-state index is -0.0876. The van der Waals surface area contributed by atoms with Gasteiger partial charge in [-0.2, -0.15) is 0 Å². The number of methoxy groups -OCH3 is 1. The highest BCUT2D eigenvalue weighted by Crippen LogP contribution is 2.39. The first-order valence-corrected chi connectivity index (χ1v) is 8.46. The predicted molar refractivity (Wildman–Crippen MR) is 92.0 cm³/mol. The number of hydrogen-bond donors (Lipinski definition) is 2. The molecular formula is C16H23ClN2O2S. The van der Waals surface area contributed by atoms with E-state index in [0.29, 0.717) is 13.2 Å². The van der Waals surface area contributed by atoms with Crippen LogP contribution in [0.2, 0.25) is 0 Å². The van der Waals surface area contributed by atoms with Crippen molar-refractivity contribution in [3.63, 3.8) is 0 Å². The molecule has 0 radical (unpaired) electrons. The summed E-state index contributed by atoms with van der Waals surface area (Å²) >= 11 is 1.77. The Morgan fingerprint density at radius 2 is 2.32 bits per heavy atom. The number of amides is 1. The normalized spacial score (nSPS) is 26.3. The Morgan fingerprint density at radius 3 is 3.05 bits per heavy atom. The number of fused-ring (bicyclic) bond motifs is 1. The highest BCUT2D eigenvalue weighted by molar-refractivity contribution is 7.99. The summed E-state index contributed by atoms with van der Waals surface area (Å²) < 4.78 is 5.33. The molecule has 1 aromatic carbocycles. The third-order valence-corrected chi connectivity index (χ3v) is 5.55. The Labute approximate surface area is 142 Å². The molecule has 1 aromatic rings. The molecule has 22 heavy (non-hydrogen) atoms. The van der Waals surface area contributed by atoms with E-state index >= 15 is 0 Å². The molecule has 0 aromatic heterocycles. The van der Waals surface area contributed by atoms with Crippen molar-refractivity contribution in [1.29, 1.82) is 0 Å². The Hall–Kier alpha value is -0.750. The molecule has 2 unspecified atom stereocenters. The molecule has 2 aliphatic rings. The fourth-order valence-electron chi connectivity index (χ4n) is 3.23. The summed E-state index contributed by atoms with van der Waals surface area (Å²) in [4.78, 5) is 13.8. The molecule has 4 nitrogen and oxygen atoms in total. The van der Waals surface area contributed by atoms with E-state index in [4.69, 9.17) is 4.74 Å². The quantitative estimate of drug-likeness (QED) is 0.861. The van der Waals surface area contributed by atoms with Gasteiger partial charge in [-0.3, -0.25) is 4.79 Å². The van der Waals surface area contributed by atoms with Crippen LogP contribution in [0.5, 0.6) is 0 Å². The number of rotatable bonds is 5. The fraction of sp³-hybridized carbons (Fsp3) is 0.562. The van der Waals surface area contributed by atoms with E-state index in [2.05, 4.69) is 22.8 Å². The van der Waals surface area contributed by atoms with E-state index in [9.17, 15) is 4.79 Å². The first-order chi connectivity index (χ1) is 10.2. The van der Waals surface area contributed by atoms with E-state index in [0.717, 1.165) is 25.1 Å². The molecule has 2 atom stereocenters. The van der Waals surface area contributed by atoms with Crippen molar-refractivity contribution in [2.45, 2.75) is 29.2 Å². The second-order valence-electron chi connectivity index (χ2n) is 5.86. The number of benzene rings is 1. The van der Waals surface area contributed by atoms with Crippen LogP contribution in [0, 0.1) is 0 Å². The highest BCUT2D eigenvalue weighted by atomic mass is 35.5. The maximum Gasteiger partial charge on any atom is 0.228 e. The van der Waals surface area contributed by atoms with Gasteiger partial charge in [0, 0.05) is 24.3 Å². The van der Waals surface area contributed by atoms with Gasteiger partial charge in [0.2, 0.25) is 5.91 Å². The van der Waals surface area contributed by atoms with Gasteiger partial charge < -0.3 is 15.4 Å². The monoisotopic (exact) mass is 342 g/mol. The van der Waals surface area contributed by atoms with E-state index < -0.39 is 0 Å². The molecule has 2 heterocycles. The first-order valence-electron chi connectivity index (χ1n) is 7.47. The van der Waals surface area contributed by atoms with Crippen LogP contribution >= 0.6 is 24.2 Å². The van der Waals surface area contributed by atoms with E-state index in [1.165, 1.54) is 10.5 Å². The van der Waals surface area contributed by atoms with Gasteiger partial charge in [0.25, 0.3) is 0 Å². The van der Waals surface area contributed by atoms with Crippen molar-refractivity contribution in [2.24, 2.45) is 0 Å². The van der Waals surface area contributed by atoms with Crippen molar-refractivity contribution < 1.29 is 9.53 Å². The number of ether oxygens (including phenoxy) is 1. The largest absolute Gasteiger partial charge is 0.383 e. The Bertz CT molecular complexity index is 521. The predicted octanol–water partition coefficient (Wildman–Crippen LogP) is 2.18. The van der Waals surface area contributed by atoms with Gasteiger partial charge in [-0.1, -0.05) is 18.2 Å². The number of hydrogen-bond acceptors (Lipinski definition) is 4. The van der Waals surface area contributed by atoms with Crippen LogP contribution in [0.25, 0.3) is 0 Å². The summed E-state index contributed by atoms with van der Waals surface area (Å²) in [6, 6.07) is 8.20. The number of carbonyl (C=O) groups is 1. The average Bonchev–Trinajstić information content (AvgIpc) is 3.12. The third kappa shape index (κ3) is 3.59. The highest BCUT2D eigenvalue weighted by Gasteiger charge is 2.35. The molecule has 122 valence electrons. The third-order valence-electron chi connectivity index (χ3n) is 4.37. The average molecular weight is 343 g/mol. The standard InChI is InChI=1S/C16H22N2O2S.ClH/c1-20-11-16(7-4-8-18-16)10-17-15(19)13-9-21-14-6-3-2-5-12(13)14;/h2-3,5-6,13,18H,4,7-11H2,1H3,(H,17,19);1H. The number of nitrogens with one attached hydrogen (secondary N) is 2. The second-order valence-corrected chi connectivity index (χ2v) is 6.92. The fourth-order valence-corrected chi connectivity index (χ4v) is 4.46. The van der Waals surface area contributed by atoms with Crippen LogP contribution in [-0.4, -0.2) is 44.0 Å². The summed E-state index contributed by atoms with van der Waals surface area (Å²) in [5.41, 5.74) is 1.08. The summed E-state index contributed by atoms with van der Waals surface area (Å²) in [6.07, 6.45) is 2.19. The lowest BCUT2D eigenvalue weighted by Crippen LogP contribution is -2.53. The van der Waals surface area contributed by atoms with Crippen molar-refractivity contribution in [2.75, 3.05) is 32.6 Å². The second kappa shape index (κ2) is 7.68. The summed E-state index contributed by atoms with van der Waals surface area (Å²) in [6.45, 7) is 2.29. The van der Waals surface area contributed by atoms with E-state index in [1.807, 2.05) is 12.1 Å². The van der Waals surface area contributed by atoms with Gasteiger partial charge in [0.1, 0.15) is 0 Å².